The van der Waals surface area contributed by atoms with Gasteiger partial charge in [0.15, 0.2) is 11.0 Å². The molecule has 0 N–H and O–H groups in total. The second-order valence-electron chi connectivity index (χ2n) is 6.08. The van der Waals surface area contributed by atoms with E-state index in [0.29, 0.717) is 18.1 Å². The molecule has 3 rings (SSSR count). The Morgan fingerprint density at radius 1 is 1.19 bits per heavy atom. The Bertz CT molecular complexity index is 775. The first-order valence-electron chi connectivity index (χ1n) is 6.72. The molecule has 1 aromatic heterocycles. The van der Waals surface area contributed by atoms with Crippen LogP contribution in [0.3, 0.4) is 0 Å². The predicted octanol–water partition coefficient (Wildman–Crippen LogP) is 2.69. The van der Waals surface area contributed by atoms with Crippen molar-refractivity contribution in [2.45, 2.75) is 31.6 Å². The summed E-state index contributed by atoms with van der Waals surface area (Å²) in [7, 11) is -3.61. The molecule has 2 heterocycles. The lowest BCUT2D eigenvalue weighted by Crippen LogP contribution is -2.41. The van der Waals surface area contributed by atoms with E-state index >= 15 is 0 Å². The van der Waals surface area contributed by atoms with Gasteiger partial charge in [0.1, 0.15) is 4.90 Å². The quantitative estimate of drug-likeness (QED) is 0.846. The highest BCUT2D eigenvalue weighted by Gasteiger charge is 2.34. The van der Waals surface area contributed by atoms with Gasteiger partial charge in [-0.05, 0) is 40.7 Å². The van der Waals surface area contributed by atoms with Gasteiger partial charge in [-0.2, -0.15) is 4.31 Å². The first kappa shape index (κ1) is 14.7. The Labute approximate surface area is 128 Å². The van der Waals surface area contributed by atoms with Crippen molar-refractivity contribution in [1.29, 1.82) is 0 Å². The molecule has 21 heavy (non-hydrogen) atoms. The predicted molar refractivity (Wildman–Crippen MR) is 78.6 cm³/mol. The monoisotopic (exact) mass is 329 g/mol. The van der Waals surface area contributed by atoms with E-state index in [0.717, 1.165) is 12.8 Å². The van der Waals surface area contributed by atoms with E-state index in [-0.39, 0.29) is 21.3 Å². The molecule has 0 aliphatic carbocycles. The molecule has 8 heteroatoms. The smallest absolute Gasteiger partial charge is 0.243 e. The zero-order valence-corrected chi connectivity index (χ0v) is 13.4. The molecule has 114 valence electrons. The number of fused-ring (bicyclic) bond motifs is 1. The van der Waals surface area contributed by atoms with E-state index < -0.39 is 10.0 Å². The molecule has 0 radical (unpaired) electrons. The number of piperidine rings is 1. The van der Waals surface area contributed by atoms with Gasteiger partial charge in [-0.1, -0.05) is 25.4 Å². The number of benzene rings is 1. The van der Waals surface area contributed by atoms with Crippen molar-refractivity contribution in [3.63, 3.8) is 0 Å². The van der Waals surface area contributed by atoms with Crippen LogP contribution in [0.5, 0.6) is 0 Å². The maximum absolute atomic E-state index is 12.8. The maximum Gasteiger partial charge on any atom is 0.245 e. The Hall–Kier alpha value is -1.18. The molecule has 1 aromatic carbocycles. The van der Waals surface area contributed by atoms with Crippen molar-refractivity contribution in [2.24, 2.45) is 5.41 Å². The van der Waals surface area contributed by atoms with Gasteiger partial charge in [-0.3, -0.25) is 0 Å². The first-order chi connectivity index (χ1) is 9.81. The van der Waals surface area contributed by atoms with Gasteiger partial charge in [0.2, 0.25) is 10.0 Å². The number of halogens is 1. The minimum atomic E-state index is -3.61. The normalized spacial score (nSPS) is 20.0. The third-order valence-electron chi connectivity index (χ3n) is 4.02. The topological polar surface area (TPSA) is 76.3 Å². The summed E-state index contributed by atoms with van der Waals surface area (Å²) in [6.45, 7) is 5.31. The summed E-state index contributed by atoms with van der Waals surface area (Å²) in [5.41, 5.74) is 0.638. The van der Waals surface area contributed by atoms with Gasteiger partial charge < -0.3 is 0 Å². The number of rotatable bonds is 2. The van der Waals surface area contributed by atoms with E-state index in [9.17, 15) is 8.42 Å². The Kier molecular flexibility index (Phi) is 3.46. The van der Waals surface area contributed by atoms with Crippen LogP contribution in [-0.2, 0) is 10.0 Å². The molecular weight excluding hydrogens is 314 g/mol. The fourth-order valence-corrected chi connectivity index (χ4v) is 4.24. The van der Waals surface area contributed by atoms with Gasteiger partial charge in [0.25, 0.3) is 0 Å². The van der Waals surface area contributed by atoms with Crippen molar-refractivity contribution in [2.75, 3.05) is 13.1 Å². The van der Waals surface area contributed by atoms with E-state index in [1.807, 2.05) is 0 Å². The largest absolute Gasteiger partial charge is 0.245 e. The second-order valence-corrected chi connectivity index (χ2v) is 8.39. The lowest BCUT2D eigenvalue weighted by atomic mass is 9.83. The molecule has 0 spiro atoms. The van der Waals surface area contributed by atoms with Crippen molar-refractivity contribution in [3.05, 3.63) is 17.2 Å². The number of hydrogen-bond acceptors (Lipinski definition) is 5. The summed E-state index contributed by atoms with van der Waals surface area (Å²) in [4.78, 5) is 0.0999. The van der Waals surface area contributed by atoms with E-state index in [1.54, 1.807) is 0 Å². The van der Waals surface area contributed by atoms with E-state index in [4.69, 9.17) is 11.6 Å². The molecule has 0 saturated carbocycles. The summed E-state index contributed by atoms with van der Waals surface area (Å²) in [6, 6.07) is 2.97. The summed E-state index contributed by atoms with van der Waals surface area (Å²) < 4.78 is 31.7. The first-order valence-corrected chi connectivity index (χ1v) is 8.54. The standard InChI is InChI=1S/C13H16ClN3O3S/c1-13(2)5-7-17(8-6-13)21(18,19)10-4-3-9(14)11-12(10)16-20-15-11/h3-4H,5-8H2,1-2H3. The zero-order chi connectivity index (χ0) is 15.3. The number of aromatic nitrogens is 2. The molecule has 2 aromatic rings. The van der Waals surface area contributed by atoms with Crippen molar-refractivity contribution >= 4 is 32.7 Å². The van der Waals surface area contributed by atoms with Crippen LogP contribution in [0.25, 0.3) is 11.0 Å². The highest BCUT2D eigenvalue weighted by Crippen LogP contribution is 2.34. The molecule has 6 nitrogen and oxygen atoms in total. The van der Waals surface area contributed by atoms with Gasteiger partial charge in [0.05, 0.1) is 5.02 Å². The molecule has 1 saturated heterocycles. The van der Waals surface area contributed by atoms with Crippen LogP contribution >= 0.6 is 11.6 Å². The van der Waals surface area contributed by atoms with Crippen LogP contribution in [0.4, 0.5) is 0 Å². The molecule has 1 fully saturated rings. The van der Waals surface area contributed by atoms with Crippen LogP contribution in [0.2, 0.25) is 5.02 Å². The summed E-state index contributed by atoms with van der Waals surface area (Å²) in [5.74, 6) is 0. The Morgan fingerprint density at radius 2 is 1.81 bits per heavy atom. The van der Waals surface area contributed by atoms with Gasteiger partial charge in [-0.15, -0.1) is 0 Å². The lowest BCUT2D eigenvalue weighted by molar-refractivity contribution is 0.196. The van der Waals surface area contributed by atoms with Crippen LogP contribution < -0.4 is 0 Å². The second kappa shape index (κ2) is 4.93. The Balaban J connectivity index is 2.02. The number of nitrogens with zero attached hydrogens (tertiary/aromatic N) is 3. The molecule has 1 aliphatic heterocycles. The average molecular weight is 330 g/mol. The fraction of sp³-hybridized carbons (Fsp3) is 0.538. The van der Waals surface area contributed by atoms with Crippen molar-refractivity contribution in [3.8, 4) is 0 Å². The zero-order valence-electron chi connectivity index (χ0n) is 11.8. The van der Waals surface area contributed by atoms with Gasteiger partial charge in [-0.25, -0.2) is 13.0 Å². The fourth-order valence-electron chi connectivity index (χ4n) is 2.49. The SMILES string of the molecule is CC1(C)CCN(S(=O)(=O)c2ccc(Cl)c3nonc23)CC1. The van der Waals surface area contributed by atoms with E-state index in [2.05, 4.69) is 28.8 Å². The van der Waals surface area contributed by atoms with Gasteiger partial charge in [0, 0.05) is 13.1 Å². The van der Waals surface area contributed by atoms with Crippen LogP contribution in [0.1, 0.15) is 26.7 Å². The maximum atomic E-state index is 12.8. The summed E-state index contributed by atoms with van der Waals surface area (Å²) in [5, 5.41) is 7.68. The highest BCUT2D eigenvalue weighted by atomic mass is 35.5. The molecule has 0 amide bonds. The van der Waals surface area contributed by atoms with Crippen LogP contribution in [0.15, 0.2) is 21.7 Å². The Morgan fingerprint density at radius 3 is 2.48 bits per heavy atom. The van der Waals surface area contributed by atoms with E-state index in [1.165, 1.54) is 16.4 Å². The molecule has 0 bridgehead atoms. The molecule has 1 aliphatic rings. The highest BCUT2D eigenvalue weighted by molar-refractivity contribution is 7.89. The molecule has 0 atom stereocenters. The molecule has 0 unspecified atom stereocenters. The van der Waals surface area contributed by atoms with Gasteiger partial charge >= 0.3 is 0 Å². The average Bonchev–Trinajstić information content (AvgIpc) is 2.88. The van der Waals surface area contributed by atoms with Crippen LogP contribution in [0, 0.1) is 5.41 Å². The van der Waals surface area contributed by atoms with Crippen molar-refractivity contribution in [1.82, 2.24) is 14.6 Å². The lowest BCUT2D eigenvalue weighted by Gasteiger charge is -2.36. The minimum Gasteiger partial charge on any atom is -0.243 e. The molecular formula is C13H16ClN3O3S. The minimum absolute atomic E-state index is 0.0999. The van der Waals surface area contributed by atoms with Crippen LogP contribution in [-0.4, -0.2) is 36.1 Å². The third kappa shape index (κ3) is 2.54. The summed E-state index contributed by atoms with van der Waals surface area (Å²) >= 11 is 5.97. The summed E-state index contributed by atoms with van der Waals surface area (Å²) in [6.07, 6.45) is 1.67. The number of sulfonamides is 1. The third-order valence-corrected chi connectivity index (χ3v) is 6.26. The van der Waals surface area contributed by atoms with Crippen molar-refractivity contribution < 1.29 is 13.0 Å². The number of hydrogen-bond donors (Lipinski definition) is 0.